The Bertz CT molecular complexity index is 1110. The lowest BCUT2D eigenvalue weighted by atomic mass is 10.1. The molecule has 1 aromatic carbocycles. The van der Waals surface area contributed by atoms with Gasteiger partial charge in [-0.1, -0.05) is 76.0 Å². The van der Waals surface area contributed by atoms with E-state index in [1.807, 2.05) is 6.92 Å². The van der Waals surface area contributed by atoms with Crippen LogP contribution in [0, 0.1) is 6.92 Å². The summed E-state index contributed by atoms with van der Waals surface area (Å²) in [4.78, 5) is 11.9. The van der Waals surface area contributed by atoms with E-state index in [2.05, 4.69) is 6.92 Å². The molecule has 334 valence electrons. The molecule has 0 saturated heterocycles. The van der Waals surface area contributed by atoms with Crippen molar-refractivity contribution < 1.29 is 69.5 Å². The zero-order valence-electron chi connectivity index (χ0n) is 35.0. The standard InChI is InChI=1S/C41H74O15S/c1-3-4-5-6-7-8-9-10-11-12-41(42)55-37-35-53-33-31-51-29-27-49-25-23-47-21-19-45-17-18-46-20-22-48-24-26-50-28-30-52-32-34-54-36-38-56-57(43,44)40-15-13-39(2)14-16-40/h13-16H,3-12,17-38H2,1-2H3. The van der Waals surface area contributed by atoms with Crippen molar-refractivity contribution in [3.8, 4) is 0 Å². The van der Waals surface area contributed by atoms with Crippen molar-refractivity contribution in [2.24, 2.45) is 0 Å². The first-order valence-corrected chi connectivity index (χ1v) is 22.3. The lowest BCUT2D eigenvalue weighted by Gasteiger charge is -2.09. The van der Waals surface area contributed by atoms with Crippen LogP contribution in [0.1, 0.15) is 76.7 Å². The number of aryl methyl sites for hydroxylation is 1. The molecule has 0 bridgehead atoms. The summed E-state index contributed by atoms with van der Waals surface area (Å²) in [6.07, 6.45) is 11.5. The Balaban J connectivity index is 1.67. The van der Waals surface area contributed by atoms with E-state index < -0.39 is 10.1 Å². The van der Waals surface area contributed by atoms with Crippen LogP contribution < -0.4 is 0 Å². The minimum Gasteiger partial charge on any atom is -0.463 e. The second kappa shape index (κ2) is 41.0. The molecule has 0 fully saturated rings. The molecule has 15 nitrogen and oxygen atoms in total. The second-order valence-corrected chi connectivity index (χ2v) is 14.6. The molecule has 0 aliphatic heterocycles. The van der Waals surface area contributed by atoms with Gasteiger partial charge in [-0.05, 0) is 25.5 Å². The van der Waals surface area contributed by atoms with Crippen LogP contribution in [-0.2, 0) is 71.2 Å². The summed E-state index contributed by atoms with van der Waals surface area (Å²) in [6, 6.07) is 6.48. The largest absolute Gasteiger partial charge is 0.463 e. The van der Waals surface area contributed by atoms with Gasteiger partial charge in [0.05, 0.1) is 144 Å². The van der Waals surface area contributed by atoms with Gasteiger partial charge < -0.3 is 52.1 Å². The van der Waals surface area contributed by atoms with Crippen molar-refractivity contribution in [3.05, 3.63) is 29.8 Å². The first kappa shape index (κ1) is 53.2. The molecule has 0 aliphatic rings. The van der Waals surface area contributed by atoms with Gasteiger partial charge in [0, 0.05) is 6.42 Å². The first-order chi connectivity index (χ1) is 28.0. The molecular formula is C41H74O15S. The highest BCUT2D eigenvalue weighted by atomic mass is 32.2. The van der Waals surface area contributed by atoms with Crippen molar-refractivity contribution >= 4 is 16.1 Å². The van der Waals surface area contributed by atoms with Gasteiger partial charge in [0.15, 0.2) is 0 Å². The normalized spacial score (nSPS) is 11.8. The van der Waals surface area contributed by atoms with E-state index in [1.165, 1.54) is 57.1 Å². The fraction of sp³-hybridized carbons (Fsp3) is 0.829. The highest BCUT2D eigenvalue weighted by molar-refractivity contribution is 7.86. The summed E-state index contributed by atoms with van der Waals surface area (Å²) < 4.78 is 89.0. The number of carbonyl (C=O) groups excluding carboxylic acids is 1. The highest BCUT2D eigenvalue weighted by Gasteiger charge is 2.14. The fourth-order valence-corrected chi connectivity index (χ4v) is 5.82. The number of hydrogen-bond acceptors (Lipinski definition) is 15. The third-order valence-corrected chi connectivity index (χ3v) is 9.43. The van der Waals surface area contributed by atoms with Crippen molar-refractivity contribution in [2.75, 3.05) is 145 Å². The number of carbonyl (C=O) groups is 1. The summed E-state index contributed by atoms with van der Waals surface area (Å²) in [5.41, 5.74) is 0.973. The Kier molecular flexibility index (Phi) is 38.2. The molecule has 57 heavy (non-hydrogen) atoms. The van der Waals surface area contributed by atoms with Crippen molar-refractivity contribution in [1.82, 2.24) is 0 Å². The highest BCUT2D eigenvalue weighted by Crippen LogP contribution is 2.13. The zero-order valence-corrected chi connectivity index (χ0v) is 35.8. The summed E-state index contributed by atoms with van der Waals surface area (Å²) in [5, 5.41) is 0. The maximum absolute atomic E-state index is 12.1. The van der Waals surface area contributed by atoms with Gasteiger partial charge in [0.25, 0.3) is 10.1 Å². The first-order valence-electron chi connectivity index (χ1n) is 20.8. The van der Waals surface area contributed by atoms with Crippen LogP contribution in [0.4, 0.5) is 0 Å². The molecule has 0 aliphatic carbocycles. The monoisotopic (exact) mass is 838 g/mol. The smallest absolute Gasteiger partial charge is 0.305 e. The Labute approximate surface area is 343 Å². The number of ether oxygens (including phenoxy) is 11. The third-order valence-electron chi connectivity index (χ3n) is 8.10. The Morgan fingerprint density at radius 2 is 0.719 bits per heavy atom. The zero-order chi connectivity index (χ0) is 41.2. The summed E-state index contributed by atoms with van der Waals surface area (Å²) >= 11 is 0. The van der Waals surface area contributed by atoms with Gasteiger partial charge >= 0.3 is 5.97 Å². The van der Waals surface area contributed by atoms with E-state index in [4.69, 9.17) is 56.3 Å². The van der Waals surface area contributed by atoms with E-state index in [-0.39, 0.29) is 30.7 Å². The van der Waals surface area contributed by atoms with Crippen LogP contribution in [-0.4, -0.2) is 160 Å². The van der Waals surface area contributed by atoms with E-state index in [1.54, 1.807) is 12.1 Å². The minimum atomic E-state index is -3.78. The van der Waals surface area contributed by atoms with Crippen LogP contribution in [0.3, 0.4) is 0 Å². The van der Waals surface area contributed by atoms with Gasteiger partial charge in [-0.25, -0.2) is 0 Å². The van der Waals surface area contributed by atoms with Gasteiger partial charge in [-0.15, -0.1) is 0 Å². The molecule has 0 saturated carbocycles. The van der Waals surface area contributed by atoms with E-state index >= 15 is 0 Å². The third kappa shape index (κ3) is 37.0. The van der Waals surface area contributed by atoms with E-state index in [9.17, 15) is 13.2 Å². The maximum Gasteiger partial charge on any atom is 0.305 e. The predicted octanol–water partition coefficient (Wildman–Crippen LogP) is 5.33. The number of esters is 1. The Morgan fingerprint density at radius 1 is 0.421 bits per heavy atom. The average molecular weight is 839 g/mol. The molecule has 0 heterocycles. The molecule has 0 amide bonds. The quantitative estimate of drug-likeness (QED) is 0.0471. The molecule has 1 rings (SSSR count). The van der Waals surface area contributed by atoms with Crippen LogP contribution in [0.2, 0.25) is 0 Å². The van der Waals surface area contributed by atoms with Crippen molar-refractivity contribution in [1.29, 1.82) is 0 Å². The van der Waals surface area contributed by atoms with Crippen molar-refractivity contribution in [3.63, 3.8) is 0 Å². The molecular weight excluding hydrogens is 765 g/mol. The Morgan fingerprint density at radius 3 is 1.07 bits per heavy atom. The molecule has 0 atom stereocenters. The van der Waals surface area contributed by atoms with Gasteiger partial charge in [0.1, 0.15) is 6.61 Å². The lowest BCUT2D eigenvalue weighted by molar-refractivity contribution is -0.145. The van der Waals surface area contributed by atoms with Crippen LogP contribution in [0.25, 0.3) is 0 Å². The summed E-state index contributed by atoms with van der Waals surface area (Å²) in [7, 11) is -3.78. The van der Waals surface area contributed by atoms with E-state index in [0.717, 1.165) is 18.4 Å². The van der Waals surface area contributed by atoms with Gasteiger partial charge in [-0.2, -0.15) is 8.42 Å². The maximum atomic E-state index is 12.1. The summed E-state index contributed by atoms with van der Waals surface area (Å²) in [5.74, 6) is -0.144. The van der Waals surface area contributed by atoms with Crippen LogP contribution >= 0.6 is 0 Å². The average Bonchev–Trinajstić information content (AvgIpc) is 3.20. The molecule has 0 unspecified atom stereocenters. The number of rotatable bonds is 45. The van der Waals surface area contributed by atoms with Crippen molar-refractivity contribution in [2.45, 2.75) is 83.0 Å². The number of hydrogen-bond donors (Lipinski definition) is 0. The number of benzene rings is 1. The van der Waals surface area contributed by atoms with Gasteiger partial charge in [-0.3, -0.25) is 8.98 Å². The predicted molar refractivity (Wildman–Crippen MR) is 215 cm³/mol. The Hall–Kier alpha value is -1.80. The lowest BCUT2D eigenvalue weighted by Crippen LogP contribution is -2.16. The van der Waals surface area contributed by atoms with E-state index in [0.29, 0.717) is 132 Å². The van der Waals surface area contributed by atoms with Crippen LogP contribution in [0.5, 0.6) is 0 Å². The van der Waals surface area contributed by atoms with Crippen LogP contribution in [0.15, 0.2) is 29.2 Å². The molecule has 0 N–H and O–H groups in total. The molecule has 16 heteroatoms. The summed E-state index contributed by atoms with van der Waals surface area (Å²) in [6.45, 7) is 12.9. The minimum absolute atomic E-state index is 0.0632. The fourth-order valence-electron chi connectivity index (χ4n) is 4.92. The molecule has 0 spiro atoms. The molecule has 1 aromatic rings. The SMILES string of the molecule is CCCCCCCCCCCC(=O)OCCOCCOCCOCCOCCOCCOCCOCCOCCOCCOCCOS(=O)(=O)c1ccc(C)cc1. The second-order valence-electron chi connectivity index (χ2n) is 13.0. The van der Waals surface area contributed by atoms with Gasteiger partial charge in [0.2, 0.25) is 0 Å². The number of unbranched alkanes of at least 4 members (excludes halogenated alkanes) is 8. The molecule has 0 radical (unpaired) electrons. The molecule has 0 aromatic heterocycles. The topological polar surface area (TPSA) is 162 Å².